The number of benzene rings is 1. The van der Waals surface area contributed by atoms with Gasteiger partial charge in [-0.15, -0.1) is 0 Å². The summed E-state index contributed by atoms with van der Waals surface area (Å²) in [5.74, 6) is -1.38. The molecule has 0 radical (unpaired) electrons. The van der Waals surface area contributed by atoms with Gasteiger partial charge in [0.2, 0.25) is 0 Å². The lowest BCUT2D eigenvalue weighted by molar-refractivity contribution is -0.138. The Labute approximate surface area is 135 Å². The van der Waals surface area contributed by atoms with Crippen molar-refractivity contribution in [2.45, 2.75) is 19.1 Å². The SMILES string of the molecule is C[C@H](NC(=O)COC(=O)c1ccccc1C(F)(F)F)c1ccco1. The van der Waals surface area contributed by atoms with Crippen molar-refractivity contribution in [3.05, 3.63) is 59.5 Å². The number of hydrogen-bond donors (Lipinski definition) is 1. The van der Waals surface area contributed by atoms with Crippen LogP contribution in [-0.2, 0) is 15.7 Å². The van der Waals surface area contributed by atoms with Gasteiger partial charge in [0.15, 0.2) is 6.61 Å². The summed E-state index contributed by atoms with van der Waals surface area (Å²) in [5, 5.41) is 2.50. The number of hydrogen-bond acceptors (Lipinski definition) is 4. The second-order valence-corrected chi connectivity index (χ2v) is 4.92. The van der Waals surface area contributed by atoms with Crippen LogP contribution in [-0.4, -0.2) is 18.5 Å². The number of carbonyl (C=O) groups excluding carboxylic acids is 2. The quantitative estimate of drug-likeness (QED) is 0.847. The number of rotatable bonds is 5. The highest BCUT2D eigenvalue weighted by Gasteiger charge is 2.35. The maximum absolute atomic E-state index is 12.8. The first-order valence-electron chi connectivity index (χ1n) is 6.95. The Balaban J connectivity index is 1.95. The number of esters is 1. The van der Waals surface area contributed by atoms with Crippen molar-refractivity contribution in [1.82, 2.24) is 5.32 Å². The fourth-order valence-corrected chi connectivity index (χ4v) is 2.01. The molecular formula is C16H14F3NO4. The van der Waals surface area contributed by atoms with E-state index in [1.807, 2.05) is 0 Å². The second kappa shape index (κ2) is 7.20. The van der Waals surface area contributed by atoms with Crippen LogP contribution < -0.4 is 5.32 Å². The topological polar surface area (TPSA) is 68.5 Å². The standard InChI is InChI=1S/C16H14F3NO4/c1-10(13-7-4-8-23-13)20-14(21)9-24-15(22)11-5-2-3-6-12(11)16(17,18)19/h2-8,10H,9H2,1H3,(H,20,21)/t10-/m0/s1. The highest BCUT2D eigenvalue weighted by molar-refractivity contribution is 5.93. The highest BCUT2D eigenvalue weighted by atomic mass is 19.4. The minimum Gasteiger partial charge on any atom is -0.467 e. The minimum absolute atomic E-state index is 0.464. The molecule has 0 saturated heterocycles. The van der Waals surface area contributed by atoms with E-state index < -0.39 is 41.8 Å². The van der Waals surface area contributed by atoms with Gasteiger partial charge in [0.1, 0.15) is 5.76 Å². The molecule has 1 amide bonds. The molecule has 0 unspecified atom stereocenters. The molecule has 0 spiro atoms. The number of carbonyl (C=O) groups is 2. The Morgan fingerprint density at radius 3 is 2.54 bits per heavy atom. The van der Waals surface area contributed by atoms with E-state index in [2.05, 4.69) is 10.1 Å². The van der Waals surface area contributed by atoms with Crippen molar-refractivity contribution in [2.75, 3.05) is 6.61 Å². The van der Waals surface area contributed by atoms with Gasteiger partial charge in [0, 0.05) is 0 Å². The maximum Gasteiger partial charge on any atom is 0.417 e. The average molecular weight is 341 g/mol. The lowest BCUT2D eigenvalue weighted by Gasteiger charge is -2.13. The average Bonchev–Trinajstić information content (AvgIpc) is 3.06. The third kappa shape index (κ3) is 4.37. The molecule has 0 saturated carbocycles. The number of halogens is 3. The first-order valence-corrected chi connectivity index (χ1v) is 6.95. The second-order valence-electron chi connectivity index (χ2n) is 4.92. The molecule has 1 aromatic carbocycles. The molecule has 8 heteroatoms. The summed E-state index contributed by atoms with van der Waals surface area (Å²) in [6, 6.07) is 7.04. The normalized spacial score (nSPS) is 12.5. The van der Waals surface area contributed by atoms with Gasteiger partial charge in [-0.1, -0.05) is 12.1 Å². The van der Waals surface area contributed by atoms with Crippen LogP contribution in [0.25, 0.3) is 0 Å². The van der Waals surface area contributed by atoms with E-state index in [9.17, 15) is 22.8 Å². The van der Waals surface area contributed by atoms with Crippen LogP contribution in [0.2, 0.25) is 0 Å². The lowest BCUT2D eigenvalue weighted by Crippen LogP contribution is -2.31. The van der Waals surface area contributed by atoms with E-state index >= 15 is 0 Å². The summed E-state index contributed by atoms with van der Waals surface area (Å²) in [5.41, 5.74) is -1.75. The molecule has 0 aliphatic carbocycles. The summed E-state index contributed by atoms with van der Waals surface area (Å²) in [7, 11) is 0. The third-order valence-corrected chi connectivity index (χ3v) is 3.13. The van der Waals surface area contributed by atoms with Crippen LogP contribution >= 0.6 is 0 Å². The third-order valence-electron chi connectivity index (χ3n) is 3.13. The highest BCUT2D eigenvalue weighted by Crippen LogP contribution is 2.32. The molecule has 1 atom stereocenters. The Hall–Kier alpha value is -2.77. The van der Waals surface area contributed by atoms with E-state index in [1.54, 1.807) is 19.1 Å². The summed E-state index contributed by atoms with van der Waals surface area (Å²) in [6.45, 7) is 0.952. The molecule has 5 nitrogen and oxygen atoms in total. The Kier molecular flexibility index (Phi) is 5.28. The van der Waals surface area contributed by atoms with E-state index in [0.717, 1.165) is 18.2 Å². The molecule has 1 aromatic heterocycles. The van der Waals surface area contributed by atoms with Crippen LogP contribution in [0.4, 0.5) is 13.2 Å². The van der Waals surface area contributed by atoms with Crippen molar-refractivity contribution in [3.8, 4) is 0 Å². The molecule has 0 aliphatic heterocycles. The van der Waals surface area contributed by atoms with Crippen LogP contribution in [0.3, 0.4) is 0 Å². The fourth-order valence-electron chi connectivity index (χ4n) is 2.01. The van der Waals surface area contributed by atoms with Crippen molar-refractivity contribution >= 4 is 11.9 Å². The molecule has 2 aromatic rings. The van der Waals surface area contributed by atoms with Gasteiger partial charge in [-0.2, -0.15) is 13.2 Å². The van der Waals surface area contributed by atoms with Crippen molar-refractivity contribution in [1.29, 1.82) is 0 Å². The molecular weight excluding hydrogens is 327 g/mol. The van der Waals surface area contributed by atoms with Crippen molar-refractivity contribution < 1.29 is 31.9 Å². The van der Waals surface area contributed by atoms with Gasteiger partial charge < -0.3 is 14.5 Å². The molecule has 128 valence electrons. The zero-order chi connectivity index (χ0) is 17.7. The molecule has 24 heavy (non-hydrogen) atoms. The van der Waals surface area contributed by atoms with Crippen LogP contribution in [0.5, 0.6) is 0 Å². The molecule has 1 heterocycles. The number of nitrogens with one attached hydrogen (secondary N) is 1. The zero-order valence-corrected chi connectivity index (χ0v) is 12.6. The van der Waals surface area contributed by atoms with Crippen LogP contribution in [0, 0.1) is 0 Å². The van der Waals surface area contributed by atoms with Crippen molar-refractivity contribution in [3.63, 3.8) is 0 Å². The Morgan fingerprint density at radius 2 is 1.92 bits per heavy atom. The molecule has 0 fully saturated rings. The zero-order valence-electron chi connectivity index (χ0n) is 12.6. The fraction of sp³-hybridized carbons (Fsp3) is 0.250. The van der Waals surface area contributed by atoms with Crippen LogP contribution in [0.1, 0.15) is 34.6 Å². The minimum atomic E-state index is -4.69. The van der Waals surface area contributed by atoms with Gasteiger partial charge in [-0.3, -0.25) is 4.79 Å². The molecule has 0 bridgehead atoms. The van der Waals surface area contributed by atoms with E-state index in [0.29, 0.717) is 5.76 Å². The van der Waals surface area contributed by atoms with Gasteiger partial charge in [0.25, 0.3) is 5.91 Å². The number of furan rings is 1. The number of ether oxygens (including phenoxy) is 1. The largest absolute Gasteiger partial charge is 0.467 e. The number of amides is 1. The monoisotopic (exact) mass is 341 g/mol. The van der Waals surface area contributed by atoms with E-state index in [-0.39, 0.29) is 0 Å². The summed E-state index contributed by atoms with van der Waals surface area (Å²) < 4.78 is 48.3. The smallest absolute Gasteiger partial charge is 0.417 e. The van der Waals surface area contributed by atoms with Crippen LogP contribution in [0.15, 0.2) is 47.1 Å². The van der Waals surface area contributed by atoms with Crippen molar-refractivity contribution in [2.24, 2.45) is 0 Å². The Morgan fingerprint density at radius 1 is 1.21 bits per heavy atom. The summed E-state index contributed by atoms with van der Waals surface area (Å²) in [6.07, 6.45) is -3.25. The predicted molar refractivity (Wildman–Crippen MR) is 77.0 cm³/mol. The number of alkyl halides is 3. The molecule has 1 N–H and O–H groups in total. The maximum atomic E-state index is 12.8. The predicted octanol–water partition coefficient (Wildman–Crippen LogP) is 3.33. The molecule has 0 aliphatic rings. The molecule has 2 rings (SSSR count). The van der Waals surface area contributed by atoms with E-state index in [1.165, 1.54) is 12.3 Å². The lowest BCUT2D eigenvalue weighted by atomic mass is 10.1. The summed E-state index contributed by atoms with van der Waals surface area (Å²) >= 11 is 0. The van der Waals surface area contributed by atoms with Gasteiger partial charge >= 0.3 is 12.1 Å². The van der Waals surface area contributed by atoms with Gasteiger partial charge in [-0.25, -0.2) is 4.79 Å². The van der Waals surface area contributed by atoms with Gasteiger partial charge in [-0.05, 0) is 31.2 Å². The van der Waals surface area contributed by atoms with E-state index in [4.69, 9.17) is 4.42 Å². The van der Waals surface area contributed by atoms with Gasteiger partial charge in [0.05, 0.1) is 23.4 Å². The Bertz CT molecular complexity index is 710. The first kappa shape index (κ1) is 17.6. The summed E-state index contributed by atoms with van der Waals surface area (Å²) in [4.78, 5) is 23.5. The first-order chi connectivity index (χ1) is 11.3.